The molecule has 0 atom stereocenters. The Morgan fingerprint density at radius 1 is 1.00 bits per heavy atom. The number of hydrogen-bond acceptors (Lipinski definition) is 4. The molecule has 2 heterocycles. The number of furan rings is 1. The van der Waals surface area contributed by atoms with Gasteiger partial charge in [-0.3, -0.25) is 0 Å². The van der Waals surface area contributed by atoms with Crippen LogP contribution in [0, 0.1) is 13.8 Å². The fourth-order valence-corrected chi connectivity index (χ4v) is 2.32. The van der Waals surface area contributed by atoms with Gasteiger partial charge in [-0.1, -0.05) is 5.57 Å². The van der Waals surface area contributed by atoms with E-state index in [1.807, 2.05) is 19.9 Å². The molecule has 0 amide bonds. The van der Waals surface area contributed by atoms with E-state index in [1.165, 1.54) is 0 Å². The van der Waals surface area contributed by atoms with Crippen molar-refractivity contribution in [2.75, 3.05) is 0 Å². The Morgan fingerprint density at radius 2 is 1.58 bits per heavy atom. The minimum absolute atomic E-state index is 0.342. The van der Waals surface area contributed by atoms with Crippen molar-refractivity contribution in [3.05, 3.63) is 39.9 Å². The number of allylic oxidation sites excluding steroid dienone is 2. The van der Waals surface area contributed by atoms with E-state index < -0.39 is 11.9 Å². The van der Waals surface area contributed by atoms with Crippen molar-refractivity contribution < 1.29 is 18.7 Å². The number of hydrogen-bond donors (Lipinski definition) is 0. The summed E-state index contributed by atoms with van der Waals surface area (Å²) < 4.78 is 10.2. The zero-order valence-corrected chi connectivity index (χ0v) is 11.7. The van der Waals surface area contributed by atoms with E-state index in [0.29, 0.717) is 16.7 Å². The second kappa shape index (κ2) is 4.53. The van der Waals surface area contributed by atoms with Crippen LogP contribution in [0.1, 0.15) is 37.9 Å². The normalized spacial score (nSPS) is 17.8. The van der Waals surface area contributed by atoms with Gasteiger partial charge in [0.1, 0.15) is 11.5 Å². The molecule has 1 saturated heterocycles. The Hall–Kier alpha value is -2.10. The van der Waals surface area contributed by atoms with E-state index in [2.05, 4.69) is 0 Å². The fourth-order valence-electron chi connectivity index (χ4n) is 2.32. The van der Waals surface area contributed by atoms with Gasteiger partial charge < -0.3 is 9.15 Å². The van der Waals surface area contributed by atoms with Gasteiger partial charge in [-0.05, 0) is 46.3 Å². The molecule has 0 spiro atoms. The van der Waals surface area contributed by atoms with E-state index in [0.717, 1.165) is 22.7 Å². The molecule has 1 aliphatic heterocycles. The van der Waals surface area contributed by atoms with Crippen LogP contribution in [-0.4, -0.2) is 11.9 Å². The quantitative estimate of drug-likeness (QED) is 0.442. The maximum Gasteiger partial charge on any atom is 0.347 e. The van der Waals surface area contributed by atoms with E-state index in [1.54, 1.807) is 20.8 Å². The first-order valence-electron chi connectivity index (χ1n) is 6.05. The van der Waals surface area contributed by atoms with Crippen LogP contribution in [0.2, 0.25) is 0 Å². The minimum Gasteiger partial charge on any atom is -0.466 e. The van der Waals surface area contributed by atoms with Crippen molar-refractivity contribution >= 4 is 17.5 Å². The van der Waals surface area contributed by atoms with Gasteiger partial charge in [0.25, 0.3) is 0 Å². The first kappa shape index (κ1) is 13.3. The van der Waals surface area contributed by atoms with Crippen LogP contribution in [0.25, 0.3) is 5.57 Å². The van der Waals surface area contributed by atoms with Crippen LogP contribution < -0.4 is 0 Å². The molecule has 0 saturated carbocycles. The molecular weight excluding hydrogens is 244 g/mol. The monoisotopic (exact) mass is 260 g/mol. The summed E-state index contributed by atoms with van der Waals surface area (Å²) in [6.45, 7) is 9.05. The molecule has 0 unspecified atom stereocenters. The molecule has 0 radical (unpaired) electrons. The number of carbonyl (C=O) groups excluding carboxylic acids is 2. The molecule has 19 heavy (non-hydrogen) atoms. The summed E-state index contributed by atoms with van der Waals surface area (Å²) in [6, 6.07) is 1.86. The lowest BCUT2D eigenvalue weighted by Gasteiger charge is -2.04. The highest BCUT2D eigenvalue weighted by atomic mass is 16.6. The van der Waals surface area contributed by atoms with Gasteiger partial charge in [-0.2, -0.15) is 0 Å². The zero-order valence-electron chi connectivity index (χ0n) is 11.7. The van der Waals surface area contributed by atoms with Crippen LogP contribution in [0.4, 0.5) is 0 Å². The largest absolute Gasteiger partial charge is 0.466 e. The van der Waals surface area contributed by atoms with Crippen LogP contribution in [0.5, 0.6) is 0 Å². The second-order valence-electron chi connectivity index (χ2n) is 4.88. The van der Waals surface area contributed by atoms with Gasteiger partial charge >= 0.3 is 11.9 Å². The van der Waals surface area contributed by atoms with Crippen molar-refractivity contribution in [1.29, 1.82) is 0 Å². The summed E-state index contributed by atoms with van der Waals surface area (Å²) in [7, 11) is 0. The Kier molecular flexibility index (Phi) is 3.18. The maximum absolute atomic E-state index is 11.9. The third-order valence-corrected chi connectivity index (χ3v) is 3.16. The van der Waals surface area contributed by atoms with Crippen molar-refractivity contribution in [2.24, 2.45) is 0 Å². The lowest BCUT2D eigenvalue weighted by atomic mass is 9.95. The third kappa shape index (κ3) is 2.14. The summed E-state index contributed by atoms with van der Waals surface area (Å²) in [5, 5.41) is 0. The van der Waals surface area contributed by atoms with Crippen LogP contribution in [-0.2, 0) is 14.3 Å². The summed E-state index contributed by atoms with van der Waals surface area (Å²) in [5.41, 5.74) is 3.01. The molecule has 0 N–H and O–H groups in total. The van der Waals surface area contributed by atoms with Crippen LogP contribution in [0.15, 0.2) is 27.2 Å². The Balaban J connectivity index is 2.69. The smallest absolute Gasteiger partial charge is 0.347 e. The summed E-state index contributed by atoms with van der Waals surface area (Å²) in [6.07, 6.45) is 0. The lowest BCUT2D eigenvalue weighted by molar-refractivity contribution is -0.149. The highest BCUT2D eigenvalue weighted by Gasteiger charge is 2.36. The highest BCUT2D eigenvalue weighted by Crippen LogP contribution is 2.34. The molecule has 4 nitrogen and oxygen atoms in total. The number of rotatable bonds is 1. The van der Waals surface area contributed by atoms with E-state index in [4.69, 9.17) is 9.15 Å². The molecule has 0 aromatic carbocycles. The Bertz CT molecular complexity index is 637. The number of ether oxygens (including phenoxy) is 1. The molecule has 1 aliphatic rings. The number of esters is 2. The fraction of sp³-hybridized carbons (Fsp3) is 0.333. The average molecular weight is 260 g/mol. The summed E-state index contributed by atoms with van der Waals surface area (Å²) in [5.74, 6) is 0.334. The van der Waals surface area contributed by atoms with Gasteiger partial charge in [0, 0.05) is 5.56 Å². The molecule has 1 fully saturated rings. The van der Waals surface area contributed by atoms with Gasteiger partial charge in [-0.15, -0.1) is 0 Å². The van der Waals surface area contributed by atoms with Gasteiger partial charge in [0.2, 0.25) is 0 Å². The number of carbonyl (C=O) groups is 2. The molecule has 0 aliphatic carbocycles. The molecular formula is C15H16O4. The lowest BCUT2D eigenvalue weighted by Crippen LogP contribution is -1.99. The highest BCUT2D eigenvalue weighted by molar-refractivity contribution is 6.22. The first-order valence-corrected chi connectivity index (χ1v) is 6.05. The Morgan fingerprint density at radius 3 is 2.05 bits per heavy atom. The van der Waals surface area contributed by atoms with E-state index >= 15 is 0 Å². The first-order chi connectivity index (χ1) is 8.82. The molecule has 2 rings (SSSR count). The summed E-state index contributed by atoms with van der Waals surface area (Å²) >= 11 is 0. The van der Waals surface area contributed by atoms with Crippen LogP contribution >= 0.6 is 0 Å². The predicted molar refractivity (Wildman–Crippen MR) is 70.2 cm³/mol. The standard InChI is InChI=1S/C15H16O4/c1-7(2)12-13(15(17)19-14(12)16)9(4)11-6-8(3)18-10(11)5/h6H,1-5H3. The molecule has 100 valence electrons. The summed E-state index contributed by atoms with van der Waals surface area (Å²) in [4.78, 5) is 23.6. The van der Waals surface area contributed by atoms with Crippen LogP contribution in [0.3, 0.4) is 0 Å². The maximum atomic E-state index is 11.9. The molecule has 1 aromatic rings. The van der Waals surface area contributed by atoms with Crippen molar-refractivity contribution in [1.82, 2.24) is 0 Å². The van der Waals surface area contributed by atoms with Crippen molar-refractivity contribution in [2.45, 2.75) is 34.6 Å². The Labute approximate surface area is 111 Å². The second-order valence-corrected chi connectivity index (χ2v) is 4.88. The molecule has 0 bridgehead atoms. The third-order valence-electron chi connectivity index (χ3n) is 3.16. The van der Waals surface area contributed by atoms with Gasteiger partial charge in [0.15, 0.2) is 0 Å². The van der Waals surface area contributed by atoms with Crippen molar-refractivity contribution in [3.63, 3.8) is 0 Å². The SMILES string of the molecule is CC(C)=C1C(=O)OC(=O)C1=C(C)c1cc(C)oc1C. The van der Waals surface area contributed by atoms with E-state index in [-0.39, 0.29) is 0 Å². The number of cyclic esters (lactones) is 2. The van der Waals surface area contributed by atoms with Crippen molar-refractivity contribution in [3.8, 4) is 0 Å². The van der Waals surface area contributed by atoms with Gasteiger partial charge in [0.05, 0.1) is 11.1 Å². The van der Waals surface area contributed by atoms with E-state index in [9.17, 15) is 9.59 Å². The minimum atomic E-state index is -0.586. The average Bonchev–Trinajstić information content (AvgIpc) is 2.77. The number of aryl methyl sites for hydroxylation is 2. The zero-order chi connectivity index (χ0) is 14.3. The van der Waals surface area contributed by atoms with Gasteiger partial charge in [-0.25, -0.2) is 9.59 Å². The topological polar surface area (TPSA) is 56.5 Å². The molecule has 1 aromatic heterocycles. The predicted octanol–water partition coefficient (Wildman–Crippen LogP) is 3.09. The molecule has 4 heteroatoms.